The van der Waals surface area contributed by atoms with Gasteiger partial charge in [0.15, 0.2) is 0 Å². The molecule has 2 aromatic heterocycles. The van der Waals surface area contributed by atoms with Crippen LogP contribution in [-0.2, 0) is 0 Å². The van der Waals surface area contributed by atoms with Gasteiger partial charge in [0.05, 0.1) is 26.8 Å². The van der Waals surface area contributed by atoms with E-state index in [1.807, 2.05) is 18.2 Å². The summed E-state index contributed by atoms with van der Waals surface area (Å²) < 4.78 is 3.49. The minimum Gasteiger partial charge on any atom is -0.309 e. The number of nitrogens with zero attached hydrogens (tertiary/aromatic N) is 3. The average Bonchev–Trinajstić information content (AvgIpc) is 3.60. The van der Waals surface area contributed by atoms with Gasteiger partial charge in [-0.3, -0.25) is 0 Å². The molecule has 8 rings (SSSR count). The third-order valence-electron chi connectivity index (χ3n) is 9.39. The van der Waals surface area contributed by atoms with E-state index in [9.17, 15) is 5.26 Å². The second kappa shape index (κ2) is 9.93. The Hall–Kier alpha value is -4.72. The van der Waals surface area contributed by atoms with E-state index in [1.54, 1.807) is 11.3 Å². The lowest BCUT2D eigenvalue weighted by Crippen LogP contribution is -2.31. The number of allylic oxidation sites excluding steroid dienone is 6. The van der Waals surface area contributed by atoms with Gasteiger partial charge < -0.3 is 4.57 Å². The number of benzene rings is 4. The Kier molecular flexibility index (Phi) is 6.00. The van der Waals surface area contributed by atoms with Crippen LogP contribution in [0.15, 0.2) is 120 Å². The lowest BCUT2D eigenvalue weighted by Gasteiger charge is -2.42. The molecule has 2 aliphatic carbocycles. The first-order chi connectivity index (χ1) is 21.0. The highest BCUT2D eigenvalue weighted by molar-refractivity contribution is 7.19. The van der Waals surface area contributed by atoms with Crippen molar-refractivity contribution < 1.29 is 0 Å². The van der Waals surface area contributed by atoms with Gasteiger partial charge in [-0.1, -0.05) is 86.7 Å². The molecule has 43 heavy (non-hydrogen) atoms. The summed E-state index contributed by atoms with van der Waals surface area (Å²) >= 11 is 1.61. The molecule has 4 heteroatoms. The summed E-state index contributed by atoms with van der Waals surface area (Å²) in [5.41, 5.74) is 10.5. The largest absolute Gasteiger partial charge is 0.309 e. The Morgan fingerprint density at radius 3 is 2.23 bits per heavy atom. The van der Waals surface area contributed by atoms with Crippen LogP contribution in [0.5, 0.6) is 0 Å². The van der Waals surface area contributed by atoms with Crippen molar-refractivity contribution in [2.24, 2.45) is 11.3 Å². The Morgan fingerprint density at radius 1 is 0.860 bits per heavy atom. The maximum atomic E-state index is 10.3. The van der Waals surface area contributed by atoms with Crippen molar-refractivity contribution in [2.75, 3.05) is 0 Å². The van der Waals surface area contributed by atoms with Crippen molar-refractivity contribution in [3.8, 4) is 11.8 Å². The monoisotopic (exact) mass is 573 g/mol. The molecule has 0 bridgehead atoms. The second-order valence-electron chi connectivity index (χ2n) is 12.5. The second-order valence-corrected chi connectivity index (χ2v) is 13.5. The van der Waals surface area contributed by atoms with Crippen molar-refractivity contribution in [3.63, 3.8) is 0 Å². The molecule has 0 fully saturated rings. The SMILES string of the molecule is CC1(C)C/C(=C(/C#N)c2nc3ccccc3s2)C=C2C=C(c3ccc(-n4c5ccccc5c5ccccc54)cc3)CCC21. The van der Waals surface area contributed by atoms with Crippen LogP contribution in [0, 0.1) is 22.7 Å². The molecular formula is C39H31N3S. The van der Waals surface area contributed by atoms with E-state index in [0.717, 1.165) is 45.6 Å². The molecule has 1 atom stereocenters. The maximum absolute atomic E-state index is 10.3. The highest BCUT2D eigenvalue weighted by Crippen LogP contribution is 2.51. The van der Waals surface area contributed by atoms with Crippen LogP contribution in [0.25, 0.3) is 48.9 Å². The molecule has 0 saturated carbocycles. The van der Waals surface area contributed by atoms with E-state index in [-0.39, 0.29) is 5.41 Å². The smallest absolute Gasteiger partial charge is 0.135 e. The van der Waals surface area contributed by atoms with Gasteiger partial charge in [0.2, 0.25) is 0 Å². The predicted octanol–water partition coefficient (Wildman–Crippen LogP) is 10.5. The number of para-hydroxylation sites is 3. The third-order valence-corrected chi connectivity index (χ3v) is 10.4. The zero-order valence-corrected chi connectivity index (χ0v) is 25.2. The van der Waals surface area contributed by atoms with Gasteiger partial charge in [-0.25, -0.2) is 4.98 Å². The minimum atomic E-state index is 0.0701. The summed E-state index contributed by atoms with van der Waals surface area (Å²) in [5, 5.41) is 13.7. The Labute approximate surface area is 255 Å². The highest BCUT2D eigenvalue weighted by atomic mass is 32.1. The molecule has 0 saturated heterocycles. The van der Waals surface area contributed by atoms with Gasteiger partial charge in [0.1, 0.15) is 11.1 Å². The first-order valence-electron chi connectivity index (χ1n) is 15.0. The number of thiazole rings is 1. The predicted molar refractivity (Wildman–Crippen MR) is 180 cm³/mol. The van der Waals surface area contributed by atoms with E-state index in [2.05, 4.69) is 115 Å². The molecule has 0 aliphatic heterocycles. The van der Waals surface area contributed by atoms with Crippen LogP contribution in [0.3, 0.4) is 0 Å². The van der Waals surface area contributed by atoms with Crippen molar-refractivity contribution >= 4 is 54.5 Å². The van der Waals surface area contributed by atoms with E-state index < -0.39 is 0 Å². The van der Waals surface area contributed by atoms with Crippen molar-refractivity contribution in [3.05, 3.63) is 131 Å². The number of fused-ring (bicyclic) bond motifs is 5. The summed E-state index contributed by atoms with van der Waals surface area (Å²) in [4.78, 5) is 4.83. The van der Waals surface area contributed by atoms with E-state index in [1.165, 1.54) is 44.2 Å². The molecule has 0 N–H and O–H groups in total. The molecule has 2 aliphatic rings. The van der Waals surface area contributed by atoms with Crippen LogP contribution in [0.2, 0.25) is 0 Å². The van der Waals surface area contributed by atoms with Crippen LogP contribution in [0.1, 0.15) is 43.7 Å². The van der Waals surface area contributed by atoms with Crippen molar-refractivity contribution in [2.45, 2.75) is 33.1 Å². The molecule has 0 spiro atoms. The third kappa shape index (κ3) is 4.27. The van der Waals surface area contributed by atoms with Crippen LogP contribution in [-0.4, -0.2) is 9.55 Å². The summed E-state index contributed by atoms with van der Waals surface area (Å²) in [6.45, 7) is 4.72. The number of rotatable bonds is 3. The van der Waals surface area contributed by atoms with Gasteiger partial charge in [-0.2, -0.15) is 5.26 Å². The standard InChI is InChI=1S/C39H31N3S/c1-39(2)23-28(32(24-40)38-41-34-11-5-8-14-37(34)43-38)22-27-21-26(17-20-33(27)39)25-15-18-29(19-16-25)42-35-12-6-3-9-30(35)31-10-4-7-13-36(31)42/h3-16,18-19,21-22,33H,17,20,23H2,1-2H3/b32-28-. The van der Waals surface area contributed by atoms with Crippen LogP contribution < -0.4 is 0 Å². The van der Waals surface area contributed by atoms with Gasteiger partial charge in [0, 0.05) is 16.5 Å². The molecular weight excluding hydrogens is 543 g/mol. The van der Waals surface area contributed by atoms with Gasteiger partial charge in [-0.05, 0) is 89.3 Å². The first-order valence-corrected chi connectivity index (χ1v) is 15.8. The summed E-state index contributed by atoms with van der Waals surface area (Å²) in [5.74, 6) is 0.479. The molecule has 208 valence electrons. The summed E-state index contributed by atoms with van der Waals surface area (Å²) in [7, 11) is 0. The molecule has 3 nitrogen and oxygen atoms in total. The van der Waals surface area contributed by atoms with Crippen molar-refractivity contribution in [1.29, 1.82) is 5.26 Å². The Morgan fingerprint density at radius 2 is 1.53 bits per heavy atom. The quantitative estimate of drug-likeness (QED) is 0.198. The molecule has 0 radical (unpaired) electrons. The summed E-state index contributed by atoms with van der Waals surface area (Å²) in [6, 6.07) is 37.0. The maximum Gasteiger partial charge on any atom is 0.135 e. The highest BCUT2D eigenvalue weighted by Gasteiger charge is 2.38. The molecule has 6 aromatic rings. The fraction of sp³-hybridized carbons (Fsp3) is 0.179. The summed E-state index contributed by atoms with van der Waals surface area (Å²) in [6.07, 6.45) is 7.76. The lowest BCUT2D eigenvalue weighted by atomic mass is 9.62. The zero-order chi connectivity index (χ0) is 29.1. The Bertz CT molecular complexity index is 2110. The Balaban J connectivity index is 1.19. The van der Waals surface area contributed by atoms with Crippen LogP contribution >= 0.6 is 11.3 Å². The van der Waals surface area contributed by atoms with Crippen LogP contribution in [0.4, 0.5) is 0 Å². The number of nitriles is 1. The van der Waals surface area contributed by atoms with Gasteiger partial charge in [0.25, 0.3) is 0 Å². The molecule has 0 amide bonds. The fourth-order valence-corrected chi connectivity index (χ4v) is 8.34. The first kappa shape index (κ1) is 25.9. The zero-order valence-electron chi connectivity index (χ0n) is 24.3. The van der Waals surface area contributed by atoms with E-state index >= 15 is 0 Å². The van der Waals surface area contributed by atoms with E-state index in [0.29, 0.717) is 5.92 Å². The molecule has 1 unspecified atom stereocenters. The van der Waals surface area contributed by atoms with Gasteiger partial charge in [-0.15, -0.1) is 11.3 Å². The normalized spacial score (nSPS) is 19.1. The molecule has 4 aromatic carbocycles. The average molecular weight is 574 g/mol. The lowest BCUT2D eigenvalue weighted by molar-refractivity contribution is 0.228. The van der Waals surface area contributed by atoms with Crippen molar-refractivity contribution in [1.82, 2.24) is 9.55 Å². The van der Waals surface area contributed by atoms with E-state index in [4.69, 9.17) is 4.98 Å². The van der Waals surface area contributed by atoms with Gasteiger partial charge >= 0.3 is 0 Å². The number of hydrogen-bond donors (Lipinski definition) is 0. The molecule has 2 heterocycles. The topological polar surface area (TPSA) is 41.6 Å². The fourth-order valence-electron chi connectivity index (χ4n) is 7.34. The number of hydrogen-bond acceptors (Lipinski definition) is 3. The number of aromatic nitrogens is 2. The minimum absolute atomic E-state index is 0.0701.